The molecule has 0 amide bonds. The van der Waals surface area contributed by atoms with Crippen molar-refractivity contribution in [2.24, 2.45) is 11.3 Å². The van der Waals surface area contributed by atoms with Crippen molar-refractivity contribution in [2.45, 2.75) is 33.6 Å². The molecule has 1 unspecified atom stereocenters. The number of hydrogen-bond donors (Lipinski definition) is 0. The summed E-state index contributed by atoms with van der Waals surface area (Å²) in [6.45, 7) is 7.33. The summed E-state index contributed by atoms with van der Waals surface area (Å²) >= 11 is 0. The zero-order chi connectivity index (χ0) is 15.9. The van der Waals surface area contributed by atoms with E-state index >= 15 is 0 Å². The molecule has 2 aromatic rings. The summed E-state index contributed by atoms with van der Waals surface area (Å²) in [5.74, 6) is 0.999. The van der Waals surface area contributed by atoms with E-state index in [2.05, 4.69) is 25.8 Å². The third-order valence-electron chi connectivity index (χ3n) is 4.09. The molecule has 1 aromatic carbocycles. The molecule has 0 N–H and O–H groups in total. The van der Waals surface area contributed by atoms with E-state index < -0.39 is 0 Å². The number of aromatic nitrogens is 1. The van der Waals surface area contributed by atoms with Crippen LogP contribution >= 0.6 is 0 Å². The number of ether oxygens (including phenoxy) is 2. The zero-order valence-corrected chi connectivity index (χ0v) is 13.6. The van der Waals surface area contributed by atoms with E-state index in [1.807, 2.05) is 0 Å². The van der Waals surface area contributed by atoms with Crippen molar-refractivity contribution in [1.29, 1.82) is 0 Å². The van der Waals surface area contributed by atoms with E-state index in [0.717, 1.165) is 18.4 Å². The number of pyridine rings is 1. The minimum absolute atomic E-state index is 0.227. The predicted molar refractivity (Wildman–Crippen MR) is 85.0 cm³/mol. The van der Waals surface area contributed by atoms with Gasteiger partial charge in [-0.05, 0) is 36.3 Å². The van der Waals surface area contributed by atoms with E-state index in [-0.39, 0.29) is 17.0 Å². The normalized spacial score (nSPS) is 18.0. The van der Waals surface area contributed by atoms with E-state index in [1.165, 1.54) is 7.11 Å². The topological polar surface area (TPSA) is 31.4 Å². The van der Waals surface area contributed by atoms with Gasteiger partial charge >= 0.3 is 0 Å². The monoisotopic (exact) mass is 303 g/mol. The maximum atomic E-state index is 14.7. The molecule has 3 nitrogen and oxygen atoms in total. The summed E-state index contributed by atoms with van der Waals surface area (Å²) in [5, 5.41) is 0.537. The van der Waals surface area contributed by atoms with Crippen molar-refractivity contribution in [3.05, 3.63) is 29.7 Å². The van der Waals surface area contributed by atoms with Crippen molar-refractivity contribution in [3.63, 3.8) is 0 Å². The Morgan fingerprint density at radius 1 is 1.36 bits per heavy atom. The molecule has 22 heavy (non-hydrogen) atoms. The molecule has 1 aliphatic rings. The number of hydrogen-bond acceptors (Lipinski definition) is 3. The summed E-state index contributed by atoms with van der Waals surface area (Å²) in [7, 11) is 1.48. The number of fused-ring (bicyclic) bond motifs is 3. The molecule has 0 bridgehead atoms. The molecule has 118 valence electrons. The largest absolute Gasteiger partial charge is 0.494 e. The standard InChI is InChI=1S/C18H22FNO2/c1-18(2,3)8-11-7-12-15(22-10-11)9-20-13-5-6-14(21-4)17(19)16(12)13/h5-6,9,11H,7-8,10H2,1-4H3. The number of methoxy groups -OCH3 is 1. The zero-order valence-electron chi connectivity index (χ0n) is 13.6. The summed E-state index contributed by atoms with van der Waals surface area (Å²) in [5.41, 5.74) is 1.80. The Morgan fingerprint density at radius 3 is 2.82 bits per heavy atom. The number of halogens is 1. The Balaban J connectivity index is 2.07. The summed E-state index contributed by atoms with van der Waals surface area (Å²) in [6.07, 6.45) is 3.56. The first-order chi connectivity index (χ1) is 10.4. The van der Waals surface area contributed by atoms with Gasteiger partial charge in [0, 0.05) is 10.9 Å². The lowest BCUT2D eigenvalue weighted by Crippen LogP contribution is -2.25. The Kier molecular flexibility index (Phi) is 3.71. The van der Waals surface area contributed by atoms with Gasteiger partial charge in [0.1, 0.15) is 5.75 Å². The lowest BCUT2D eigenvalue weighted by Gasteiger charge is -2.31. The molecule has 0 radical (unpaired) electrons. The second-order valence-corrected chi connectivity index (χ2v) is 7.22. The number of benzene rings is 1. The smallest absolute Gasteiger partial charge is 0.174 e. The van der Waals surface area contributed by atoms with E-state index in [9.17, 15) is 4.39 Å². The van der Waals surface area contributed by atoms with E-state index in [0.29, 0.717) is 29.2 Å². The first-order valence-corrected chi connectivity index (χ1v) is 7.66. The Labute approximate surface area is 130 Å². The van der Waals surface area contributed by atoms with Gasteiger partial charge < -0.3 is 9.47 Å². The van der Waals surface area contributed by atoms with Gasteiger partial charge in [0.2, 0.25) is 0 Å². The highest BCUT2D eigenvalue weighted by atomic mass is 19.1. The van der Waals surface area contributed by atoms with Gasteiger partial charge in [0.15, 0.2) is 11.6 Å². The van der Waals surface area contributed by atoms with Crippen molar-refractivity contribution >= 4 is 10.9 Å². The van der Waals surface area contributed by atoms with Gasteiger partial charge in [-0.15, -0.1) is 0 Å². The van der Waals surface area contributed by atoms with Crippen LogP contribution in [-0.2, 0) is 6.42 Å². The Hall–Kier alpha value is -1.84. The molecule has 0 saturated carbocycles. The third-order valence-corrected chi connectivity index (χ3v) is 4.09. The fourth-order valence-corrected chi connectivity index (χ4v) is 3.31. The minimum Gasteiger partial charge on any atom is -0.494 e. The van der Waals surface area contributed by atoms with Gasteiger partial charge in [-0.3, -0.25) is 4.98 Å². The quantitative estimate of drug-likeness (QED) is 0.825. The van der Waals surface area contributed by atoms with Crippen LogP contribution in [0, 0.1) is 17.2 Å². The highest BCUT2D eigenvalue weighted by Crippen LogP contribution is 2.39. The van der Waals surface area contributed by atoms with Gasteiger partial charge in [-0.2, -0.15) is 0 Å². The lowest BCUT2D eigenvalue weighted by molar-refractivity contribution is 0.175. The minimum atomic E-state index is -0.343. The molecule has 0 fully saturated rings. The van der Waals surface area contributed by atoms with Crippen LogP contribution in [0.5, 0.6) is 11.5 Å². The predicted octanol–water partition coefficient (Wildman–Crippen LogP) is 4.37. The molecule has 1 atom stereocenters. The summed E-state index contributed by atoms with van der Waals surface area (Å²) in [4.78, 5) is 4.31. The Bertz CT molecular complexity index is 701. The Morgan fingerprint density at radius 2 is 2.14 bits per heavy atom. The fraction of sp³-hybridized carbons (Fsp3) is 0.500. The van der Waals surface area contributed by atoms with Crippen LogP contribution in [0.3, 0.4) is 0 Å². The van der Waals surface area contributed by atoms with Crippen molar-refractivity contribution in [2.75, 3.05) is 13.7 Å². The van der Waals surface area contributed by atoms with Crippen LogP contribution in [0.1, 0.15) is 32.8 Å². The fourth-order valence-electron chi connectivity index (χ4n) is 3.31. The average molecular weight is 303 g/mol. The first kappa shape index (κ1) is 15.1. The average Bonchev–Trinajstić information content (AvgIpc) is 2.45. The highest BCUT2D eigenvalue weighted by molar-refractivity contribution is 5.86. The highest BCUT2D eigenvalue weighted by Gasteiger charge is 2.27. The SMILES string of the molecule is COc1ccc2ncc3c(c2c1F)CC(CC(C)(C)C)CO3. The first-order valence-electron chi connectivity index (χ1n) is 7.66. The van der Waals surface area contributed by atoms with Crippen LogP contribution in [-0.4, -0.2) is 18.7 Å². The second kappa shape index (κ2) is 5.41. The molecule has 1 aliphatic heterocycles. The van der Waals surface area contributed by atoms with Crippen LogP contribution < -0.4 is 9.47 Å². The number of rotatable bonds is 2. The van der Waals surface area contributed by atoms with Gasteiger partial charge in [-0.1, -0.05) is 20.8 Å². The van der Waals surface area contributed by atoms with Crippen LogP contribution in [0.4, 0.5) is 4.39 Å². The van der Waals surface area contributed by atoms with Gasteiger partial charge in [0.25, 0.3) is 0 Å². The molecule has 0 aliphatic carbocycles. The third kappa shape index (κ3) is 2.74. The van der Waals surface area contributed by atoms with Crippen molar-refractivity contribution in [1.82, 2.24) is 4.98 Å². The summed E-state index contributed by atoms with van der Waals surface area (Å²) < 4.78 is 25.7. The number of nitrogens with zero attached hydrogens (tertiary/aromatic N) is 1. The van der Waals surface area contributed by atoms with Gasteiger partial charge in [0.05, 0.1) is 25.4 Å². The molecular weight excluding hydrogens is 281 g/mol. The maximum absolute atomic E-state index is 14.7. The van der Waals surface area contributed by atoms with Crippen LogP contribution in [0.25, 0.3) is 10.9 Å². The molecule has 3 rings (SSSR count). The molecule has 2 heterocycles. The molecule has 4 heteroatoms. The molecule has 0 spiro atoms. The lowest BCUT2D eigenvalue weighted by atomic mass is 9.81. The maximum Gasteiger partial charge on any atom is 0.174 e. The van der Waals surface area contributed by atoms with Crippen molar-refractivity contribution < 1.29 is 13.9 Å². The van der Waals surface area contributed by atoms with E-state index in [1.54, 1.807) is 18.3 Å². The van der Waals surface area contributed by atoms with Gasteiger partial charge in [-0.25, -0.2) is 4.39 Å². The van der Waals surface area contributed by atoms with Crippen molar-refractivity contribution in [3.8, 4) is 11.5 Å². The van der Waals surface area contributed by atoms with E-state index in [4.69, 9.17) is 9.47 Å². The van der Waals surface area contributed by atoms with Crippen LogP contribution in [0.2, 0.25) is 0 Å². The molecule has 1 aromatic heterocycles. The second-order valence-electron chi connectivity index (χ2n) is 7.22. The molecular formula is C18H22FNO2. The summed E-state index contributed by atoms with van der Waals surface area (Å²) in [6, 6.07) is 3.41. The molecule has 0 saturated heterocycles. The van der Waals surface area contributed by atoms with Crippen LogP contribution in [0.15, 0.2) is 18.3 Å².